The molecular formula is C97H77Cl4N5O7. The zero-order valence-corrected chi connectivity index (χ0v) is 65.0. The Balaban J connectivity index is 0.000000120. The number of hydrogen-bond donors (Lipinski definition) is 2. The van der Waals surface area contributed by atoms with Gasteiger partial charge in [-0.25, -0.2) is 0 Å². The molecule has 0 spiro atoms. The number of carbonyl (C=O) groups is 2. The molecule has 2 N–H and O–H groups in total. The predicted octanol–water partition coefficient (Wildman–Crippen LogP) is 24.2. The first-order valence-electron chi connectivity index (χ1n) is 37.1. The standard InChI is InChI=1S/C28H23NO2.C27H20N2O3.2C21H17Cl2NO/c1-31-23-17-15-21(16-18-23)28(30)29-19-22-11-5-6-12-24(22)27(20-9-3-2-4-10-20)25-13-7-8-14-26(25)29;30-27(20-14-16-22(17-15-20)29(31)32)28-18-21-10-4-5-11-23(21)26(19-8-2-1-3-9-19)24-12-6-7-13-25(24)28;1-25-19-8-4-5-13-12-24-18-10-9-14(22)11-16(18)21(20(13)19)15-6-2-3-7-17(15)23;1-25-15-7-8-16-13(10-15)12-24-20-9-6-14(22)11-18(20)21(16)17-4-2-3-5-19(17)23/h2-18,27H,19H2,1H3;1-17,26H,18H2;2*2-11,21,24H,12H2,1H3. The van der Waals surface area contributed by atoms with Crippen molar-refractivity contribution >= 4 is 86.7 Å². The molecule has 18 rings (SSSR count). The molecule has 4 heterocycles. The van der Waals surface area contributed by atoms with Crippen LogP contribution >= 0.6 is 46.4 Å². The van der Waals surface area contributed by atoms with E-state index >= 15 is 0 Å². The van der Waals surface area contributed by atoms with Crippen molar-refractivity contribution in [2.24, 2.45) is 0 Å². The molecule has 4 atom stereocenters. The lowest BCUT2D eigenvalue weighted by atomic mass is 9.82. The summed E-state index contributed by atoms with van der Waals surface area (Å²) >= 11 is 25.8. The lowest BCUT2D eigenvalue weighted by molar-refractivity contribution is -0.384. The van der Waals surface area contributed by atoms with Crippen molar-refractivity contribution in [1.82, 2.24) is 0 Å². The van der Waals surface area contributed by atoms with Crippen LogP contribution in [0.1, 0.15) is 133 Å². The van der Waals surface area contributed by atoms with Crippen LogP contribution in [0.3, 0.4) is 0 Å². The Bertz CT molecular complexity index is 5810. The average Bonchev–Trinajstić information content (AvgIpc) is 1.73. The quantitative estimate of drug-likeness (QED) is 0.101. The number of nitrogens with zero attached hydrogens (tertiary/aromatic N) is 3. The summed E-state index contributed by atoms with van der Waals surface area (Å²) in [4.78, 5) is 41.5. The van der Waals surface area contributed by atoms with E-state index < -0.39 is 4.92 Å². The highest BCUT2D eigenvalue weighted by atomic mass is 35.5. The second-order valence-electron chi connectivity index (χ2n) is 27.7. The molecule has 0 saturated heterocycles. The first-order chi connectivity index (χ1) is 55.2. The van der Waals surface area contributed by atoms with Crippen molar-refractivity contribution in [2.75, 3.05) is 41.8 Å². The molecule has 4 aliphatic heterocycles. The van der Waals surface area contributed by atoms with Crippen LogP contribution in [0.4, 0.5) is 28.4 Å². The molecule has 113 heavy (non-hydrogen) atoms. The lowest BCUT2D eigenvalue weighted by Crippen LogP contribution is -2.30. The molecule has 14 aromatic carbocycles. The van der Waals surface area contributed by atoms with Gasteiger partial charge in [0.05, 0.1) is 39.3 Å². The molecule has 560 valence electrons. The molecule has 14 aromatic rings. The Kier molecular flexibility index (Phi) is 23.2. The van der Waals surface area contributed by atoms with Gasteiger partial charge in [0.2, 0.25) is 0 Å². The first kappa shape index (κ1) is 76.0. The third kappa shape index (κ3) is 16.1. The summed E-state index contributed by atoms with van der Waals surface area (Å²) in [5.74, 6) is 2.28. The number of fused-ring (bicyclic) bond motifs is 8. The number of benzene rings is 14. The van der Waals surface area contributed by atoms with Crippen LogP contribution in [0, 0.1) is 10.1 Å². The van der Waals surface area contributed by atoms with Crippen molar-refractivity contribution in [3.63, 3.8) is 0 Å². The van der Waals surface area contributed by atoms with Gasteiger partial charge >= 0.3 is 0 Å². The second-order valence-corrected chi connectivity index (χ2v) is 29.4. The van der Waals surface area contributed by atoms with Crippen LogP contribution in [0.25, 0.3) is 0 Å². The van der Waals surface area contributed by atoms with Crippen molar-refractivity contribution in [2.45, 2.75) is 49.9 Å². The minimum atomic E-state index is -0.462. The number of rotatable bonds is 10. The molecule has 12 nitrogen and oxygen atoms in total. The van der Waals surface area contributed by atoms with Crippen molar-refractivity contribution in [1.29, 1.82) is 0 Å². The summed E-state index contributed by atoms with van der Waals surface area (Å²) in [5.41, 5.74) is 23.3. The van der Waals surface area contributed by atoms with Gasteiger partial charge in [0.15, 0.2) is 0 Å². The highest BCUT2D eigenvalue weighted by molar-refractivity contribution is 6.32. The largest absolute Gasteiger partial charge is 0.497 e. The fourth-order valence-corrected chi connectivity index (χ4v) is 16.8. The van der Waals surface area contributed by atoms with Gasteiger partial charge in [-0.1, -0.05) is 247 Å². The molecule has 16 heteroatoms. The maximum absolute atomic E-state index is 13.7. The number of nitro groups is 1. The number of anilines is 4. The Morgan fingerprint density at radius 3 is 1.26 bits per heavy atom. The van der Waals surface area contributed by atoms with E-state index in [1.165, 1.54) is 57.6 Å². The predicted molar refractivity (Wildman–Crippen MR) is 456 cm³/mol. The summed E-state index contributed by atoms with van der Waals surface area (Å²) in [6.07, 6.45) is 0. The zero-order chi connectivity index (χ0) is 78.1. The SMILES string of the molecule is COc1ccc(C(=O)N2Cc3ccccc3C(c3ccccc3)c3ccccc32)cc1.COc1ccc2c(c1)CNc1ccc(Cl)cc1C2c1ccccc1Cl.COc1cccc2c1C(c1ccccc1Cl)c1cc(Cl)ccc1NC2.O=C(c1ccc([N+](=O)[O-])cc1)N1Cc2ccccc2C(c2ccccc2)c2ccccc21. The van der Waals surface area contributed by atoms with E-state index in [1.54, 1.807) is 26.2 Å². The van der Waals surface area contributed by atoms with E-state index in [-0.39, 0.29) is 41.2 Å². The first-order valence-corrected chi connectivity index (χ1v) is 38.6. The van der Waals surface area contributed by atoms with Gasteiger partial charge in [-0.15, -0.1) is 0 Å². The summed E-state index contributed by atoms with van der Waals surface area (Å²) in [6.45, 7) is 2.40. The minimum absolute atomic E-state index is 0.00161. The molecule has 4 aliphatic rings. The van der Waals surface area contributed by atoms with Crippen molar-refractivity contribution in [3.8, 4) is 17.2 Å². The van der Waals surface area contributed by atoms with E-state index in [0.29, 0.717) is 29.2 Å². The normalized spacial score (nSPS) is 15.1. The number of non-ortho nitro benzene ring substituents is 1. The Morgan fingerprint density at radius 2 is 0.770 bits per heavy atom. The molecule has 0 aromatic heterocycles. The molecule has 0 radical (unpaired) electrons. The molecule has 0 aliphatic carbocycles. The fourth-order valence-electron chi connectivity index (χ4n) is 15.9. The highest BCUT2D eigenvalue weighted by Gasteiger charge is 2.35. The monoisotopic (exact) mass is 1560 g/mol. The van der Waals surface area contributed by atoms with E-state index in [1.807, 2.05) is 187 Å². The topological polar surface area (TPSA) is 136 Å². The number of nitrogens with one attached hydrogen (secondary N) is 2. The van der Waals surface area contributed by atoms with Gasteiger partial charge in [-0.05, 0) is 199 Å². The molecule has 0 fully saturated rings. The maximum Gasteiger partial charge on any atom is 0.269 e. The Labute approximate surface area is 677 Å². The van der Waals surface area contributed by atoms with E-state index in [2.05, 4.69) is 132 Å². The second kappa shape index (κ2) is 34.5. The van der Waals surface area contributed by atoms with E-state index in [9.17, 15) is 19.7 Å². The summed E-state index contributed by atoms with van der Waals surface area (Å²) in [6, 6.07) is 107. The lowest BCUT2D eigenvalue weighted by Gasteiger charge is -2.24. The Morgan fingerprint density at radius 1 is 0.363 bits per heavy atom. The summed E-state index contributed by atoms with van der Waals surface area (Å²) in [5, 5.41) is 21.0. The van der Waals surface area contributed by atoms with Gasteiger partial charge in [0.25, 0.3) is 17.5 Å². The number of amides is 2. The number of ether oxygens (including phenoxy) is 3. The van der Waals surface area contributed by atoms with Gasteiger partial charge in [0, 0.05) is 108 Å². The number of hydrogen-bond acceptors (Lipinski definition) is 9. The highest BCUT2D eigenvalue weighted by Crippen LogP contribution is 2.50. The molecular weight excluding hydrogens is 1490 g/mol. The molecule has 2 amide bonds. The molecule has 4 unspecified atom stereocenters. The summed E-state index contributed by atoms with van der Waals surface area (Å²) in [7, 11) is 5.02. The Hall–Kier alpha value is -12.4. The third-order valence-corrected chi connectivity index (χ3v) is 22.4. The number of nitro benzene ring substituents is 1. The fraction of sp³-hybridized carbons (Fsp3) is 0.113. The van der Waals surface area contributed by atoms with Crippen LogP contribution < -0.4 is 34.6 Å². The van der Waals surface area contributed by atoms with Gasteiger partial charge in [-0.2, -0.15) is 0 Å². The van der Waals surface area contributed by atoms with E-state index in [0.717, 1.165) is 124 Å². The molecule has 0 saturated carbocycles. The van der Waals surface area contributed by atoms with Crippen LogP contribution in [0.2, 0.25) is 20.1 Å². The van der Waals surface area contributed by atoms with Gasteiger partial charge < -0.3 is 34.6 Å². The number of halogens is 4. The summed E-state index contributed by atoms with van der Waals surface area (Å²) < 4.78 is 16.4. The molecule has 0 bridgehead atoms. The number of methoxy groups -OCH3 is 3. The maximum atomic E-state index is 13.7. The van der Waals surface area contributed by atoms with Crippen LogP contribution in [0.15, 0.2) is 328 Å². The number of carbonyl (C=O) groups excluding carboxylic acids is 2. The van der Waals surface area contributed by atoms with Crippen LogP contribution in [-0.2, 0) is 26.2 Å². The van der Waals surface area contributed by atoms with Crippen molar-refractivity contribution in [3.05, 3.63) is 458 Å². The van der Waals surface area contributed by atoms with Gasteiger partial charge in [-0.3, -0.25) is 19.7 Å². The van der Waals surface area contributed by atoms with E-state index in [4.69, 9.17) is 60.6 Å². The zero-order valence-electron chi connectivity index (χ0n) is 62.0. The van der Waals surface area contributed by atoms with Crippen molar-refractivity contribution < 1.29 is 28.7 Å². The third-order valence-electron chi connectivity index (χ3n) is 21.2. The van der Waals surface area contributed by atoms with Gasteiger partial charge in [0.1, 0.15) is 17.2 Å². The van der Waals surface area contributed by atoms with Crippen LogP contribution in [-0.4, -0.2) is 38.1 Å². The number of para-hydroxylation sites is 2. The minimum Gasteiger partial charge on any atom is -0.497 e. The smallest absolute Gasteiger partial charge is 0.269 e. The van der Waals surface area contributed by atoms with Crippen LogP contribution in [0.5, 0.6) is 17.2 Å². The average molecular weight is 1570 g/mol.